The number of benzene rings is 1. The topological polar surface area (TPSA) is 50.2 Å². The summed E-state index contributed by atoms with van der Waals surface area (Å²) in [6, 6.07) is 10.7. The molecule has 1 N–H and O–H groups in total. The Balaban J connectivity index is 1.41. The third-order valence-corrected chi connectivity index (χ3v) is 5.42. The van der Waals surface area contributed by atoms with Crippen LogP contribution < -0.4 is 5.32 Å². The first kappa shape index (κ1) is 15.2. The van der Waals surface area contributed by atoms with E-state index in [1.165, 1.54) is 16.8 Å². The van der Waals surface area contributed by atoms with Gasteiger partial charge in [0.15, 0.2) is 0 Å². The van der Waals surface area contributed by atoms with Crippen LogP contribution in [0, 0.1) is 0 Å². The molecule has 5 heteroatoms. The van der Waals surface area contributed by atoms with Gasteiger partial charge in [-0.1, -0.05) is 30.3 Å². The minimum Gasteiger partial charge on any atom is -0.331 e. The van der Waals surface area contributed by atoms with E-state index in [1.807, 2.05) is 28.9 Å². The number of hydrogen-bond acceptors (Lipinski definition) is 2. The molecule has 24 heavy (non-hydrogen) atoms. The van der Waals surface area contributed by atoms with E-state index >= 15 is 0 Å². The molecule has 1 aliphatic heterocycles. The van der Waals surface area contributed by atoms with Crippen molar-refractivity contribution in [1.29, 1.82) is 0 Å². The highest BCUT2D eigenvalue weighted by Crippen LogP contribution is 2.31. The zero-order valence-electron chi connectivity index (χ0n) is 14.1. The summed E-state index contributed by atoms with van der Waals surface area (Å²) in [4.78, 5) is 14.7. The van der Waals surface area contributed by atoms with Crippen molar-refractivity contribution in [2.24, 2.45) is 7.05 Å². The number of aryl methyl sites for hydroxylation is 1. The predicted octanol–water partition coefficient (Wildman–Crippen LogP) is 3.00. The zero-order valence-corrected chi connectivity index (χ0v) is 14.1. The number of aromatic nitrogens is 2. The standard InChI is InChI=1S/C19H24N4O/c1-22-18-9-5-8-17(16(18)12-20-22)21-19(24)23-11-10-15(13-23)14-6-3-2-4-7-14/h2-4,6-7,12,15,17H,5,8-11,13H2,1H3,(H,21,24). The Labute approximate surface area is 142 Å². The summed E-state index contributed by atoms with van der Waals surface area (Å²) in [5.74, 6) is 0.456. The van der Waals surface area contributed by atoms with Crippen molar-refractivity contribution in [2.45, 2.75) is 37.6 Å². The van der Waals surface area contributed by atoms with Crippen molar-refractivity contribution in [1.82, 2.24) is 20.0 Å². The molecule has 126 valence electrons. The normalized spacial score (nSPS) is 23.1. The van der Waals surface area contributed by atoms with Gasteiger partial charge in [0.1, 0.15) is 0 Å². The number of urea groups is 1. The van der Waals surface area contributed by atoms with Crippen LogP contribution in [0.1, 0.15) is 48.0 Å². The van der Waals surface area contributed by atoms with Crippen LogP contribution >= 0.6 is 0 Å². The smallest absolute Gasteiger partial charge is 0.317 e. The van der Waals surface area contributed by atoms with E-state index in [4.69, 9.17) is 0 Å². The van der Waals surface area contributed by atoms with Gasteiger partial charge in [-0.3, -0.25) is 4.68 Å². The Bertz CT molecular complexity index is 724. The van der Waals surface area contributed by atoms with Crippen molar-refractivity contribution in [3.63, 3.8) is 0 Å². The molecule has 0 radical (unpaired) electrons. The van der Waals surface area contributed by atoms with E-state index < -0.39 is 0 Å². The fraction of sp³-hybridized carbons (Fsp3) is 0.474. The van der Waals surface area contributed by atoms with Crippen LogP contribution in [-0.2, 0) is 13.5 Å². The summed E-state index contributed by atoms with van der Waals surface area (Å²) in [6.07, 6.45) is 6.11. The maximum Gasteiger partial charge on any atom is 0.317 e. The largest absolute Gasteiger partial charge is 0.331 e. The summed E-state index contributed by atoms with van der Waals surface area (Å²) >= 11 is 0. The molecule has 1 aromatic carbocycles. The lowest BCUT2D eigenvalue weighted by Gasteiger charge is -2.26. The van der Waals surface area contributed by atoms with Gasteiger partial charge in [0.2, 0.25) is 0 Å². The highest BCUT2D eigenvalue weighted by molar-refractivity contribution is 5.75. The summed E-state index contributed by atoms with van der Waals surface area (Å²) in [5, 5.41) is 7.59. The summed E-state index contributed by atoms with van der Waals surface area (Å²) in [6.45, 7) is 1.64. The second-order valence-electron chi connectivity index (χ2n) is 6.91. The minimum absolute atomic E-state index is 0.0649. The Morgan fingerprint density at radius 2 is 2.08 bits per heavy atom. The zero-order chi connectivity index (χ0) is 16.5. The third kappa shape index (κ3) is 2.79. The lowest BCUT2D eigenvalue weighted by atomic mass is 9.93. The fourth-order valence-corrected chi connectivity index (χ4v) is 4.04. The van der Waals surface area contributed by atoms with Gasteiger partial charge in [0.25, 0.3) is 0 Å². The molecule has 2 heterocycles. The van der Waals surface area contributed by atoms with Gasteiger partial charge in [0, 0.05) is 37.3 Å². The highest BCUT2D eigenvalue weighted by atomic mass is 16.2. The summed E-state index contributed by atoms with van der Waals surface area (Å²) in [5.41, 5.74) is 3.78. The number of likely N-dealkylation sites (tertiary alicyclic amines) is 1. The van der Waals surface area contributed by atoms with Gasteiger partial charge >= 0.3 is 6.03 Å². The van der Waals surface area contributed by atoms with Gasteiger partial charge in [-0.25, -0.2) is 4.79 Å². The molecule has 2 aliphatic rings. The molecule has 1 fully saturated rings. The minimum atomic E-state index is 0.0649. The van der Waals surface area contributed by atoms with Crippen LogP contribution in [0.2, 0.25) is 0 Å². The molecule has 2 amide bonds. The average Bonchev–Trinajstić information content (AvgIpc) is 3.24. The van der Waals surface area contributed by atoms with Crippen LogP contribution in [0.25, 0.3) is 0 Å². The van der Waals surface area contributed by atoms with Gasteiger partial charge < -0.3 is 10.2 Å². The second kappa shape index (κ2) is 6.30. The number of amides is 2. The molecule has 2 atom stereocenters. The first-order valence-corrected chi connectivity index (χ1v) is 8.83. The molecular formula is C19H24N4O. The average molecular weight is 324 g/mol. The fourth-order valence-electron chi connectivity index (χ4n) is 4.04. The Hall–Kier alpha value is -2.30. The maximum absolute atomic E-state index is 12.7. The molecule has 0 spiro atoms. The van der Waals surface area contributed by atoms with Crippen LogP contribution in [0.4, 0.5) is 4.79 Å². The lowest BCUT2D eigenvalue weighted by Crippen LogP contribution is -2.41. The van der Waals surface area contributed by atoms with E-state index in [0.29, 0.717) is 5.92 Å². The highest BCUT2D eigenvalue weighted by Gasteiger charge is 2.30. The molecule has 1 aromatic heterocycles. The van der Waals surface area contributed by atoms with Crippen molar-refractivity contribution < 1.29 is 4.79 Å². The van der Waals surface area contributed by atoms with Gasteiger partial charge in [-0.05, 0) is 31.2 Å². The SMILES string of the molecule is Cn1ncc2c1CCCC2NC(=O)N1CCC(c2ccccc2)C1. The Morgan fingerprint density at radius 3 is 2.92 bits per heavy atom. The van der Waals surface area contributed by atoms with Crippen LogP contribution in [0.5, 0.6) is 0 Å². The summed E-state index contributed by atoms with van der Waals surface area (Å²) < 4.78 is 1.94. The molecule has 5 nitrogen and oxygen atoms in total. The van der Waals surface area contributed by atoms with E-state index in [0.717, 1.165) is 38.8 Å². The number of nitrogens with one attached hydrogen (secondary N) is 1. The van der Waals surface area contributed by atoms with Crippen LogP contribution in [0.3, 0.4) is 0 Å². The van der Waals surface area contributed by atoms with Gasteiger partial charge in [0.05, 0.1) is 12.2 Å². The second-order valence-corrected chi connectivity index (χ2v) is 6.91. The molecule has 0 saturated carbocycles. The predicted molar refractivity (Wildman–Crippen MR) is 92.8 cm³/mol. The van der Waals surface area contributed by atoms with Crippen molar-refractivity contribution >= 4 is 6.03 Å². The first-order chi connectivity index (χ1) is 11.7. The third-order valence-electron chi connectivity index (χ3n) is 5.42. The molecule has 1 saturated heterocycles. The molecule has 4 rings (SSSR count). The monoisotopic (exact) mass is 324 g/mol. The molecule has 1 aliphatic carbocycles. The number of carbonyl (C=O) groups is 1. The Morgan fingerprint density at radius 1 is 1.25 bits per heavy atom. The number of carbonyl (C=O) groups excluding carboxylic acids is 1. The molecule has 2 aromatic rings. The van der Waals surface area contributed by atoms with E-state index in [-0.39, 0.29) is 12.1 Å². The number of nitrogens with zero attached hydrogens (tertiary/aromatic N) is 3. The van der Waals surface area contributed by atoms with E-state index in [2.05, 4.69) is 34.7 Å². The Kier molecular flexibility index (Phi) is 4.00. The number of fused-ring (bicyclic) bond motifs is 1. The van der Waals surface area contributed by atoms with Crippen molar-refractivity contribution in [3.8, 4) is 0 Å². The first-order valence-electron chi connectivity index (χ1n) is 8.83. The number of rotatable bonds is 2. The van der Waals surface area contributed by atoms with E-state index in [9.17, 15) is 4.79 Å². The summed E-state index contributed by atoms with van der Waals surface area (Å²) in [7, 11) is 1.98. The molecule has 0 bridgehead atoms. The van der Waals surface area contributed by atoms with Crippen molar-refractivity contribution in [3.05, 3.63) is 53.3 Å². The lowest BCUT2D eigenvalue weighted by molar-refractivity contribution is 0.202. The quantitative estimate of drug-likeness (QED) is 0.923. The van der Waals surface area contributed by atoms with Crippen molar-refractivity contribution in [2.75, 3.05) is 13.1 Å². The maximum atomic E-state index is 12.7. The number of hydrogen-bond donors (Lipinski definition) is 1. The molecular weight excluding hydrogens is 300 g/mol. The van der Waals surface area contributed by atoms with Crippen LogP contribution in [-0.4, -0.2) is 33.8 Å². The molecule has 2 unspecified atom stereocenters. The van der Waals surface area contributed by atoms with Gasteiger partial charge in [-0.2, -0.15) is 5.10 Å². The van der Waals surface area contributed by atoms with Crippen LogP contribution in [0.15, 0.2) is 36.5 Å². The van der Waals surface area contributed by atoms with Gasteiger partial charge in [-0.15, -0.1) is 0 Å². The van der Waals surface area contributed by atoms with E-state index in [1.54, 1.807) is 0 Å².